The van der Waals surface area contributed by atoms with E-state index in [2.05, 4.69) is 80.5 Å². The van der Waals surface area contributed by atoms with E-state index in [0.717, 1.165) is 38.6 Å². The molecule has 0 radical (unpaired) electrons. The van der Waals surface area contributed by atoms with Gasteiger partial charge in [-0.05, 0) is 56.6 Å². The number of anilines is 2. The molecule has 47 heavy (non-hydrogen) atoms. The van der Waals surface area contributed by atoms with Crippen LogP contribution in [0.3, 0.4) is 0 Å². The molecule has 3 nitrogen and oxygen atoms in total. The van der Waals surface area contributed by atoms with Crippen LogP contribution in [0.5, 0.6) is 0 Å². The summed E-state index contributed by atoms with van der Waals surface area (Å²) in [7, 11) is 0. The summed E-state index contributed by atoms with van der Waals surface area (Å²) in [6.45, 7) is 19.6. The van der Waals surface area contributed by atoms with E-state index in [4.69, 9.17) is 5.73 Å². The van der Waals surface area contributed by atoms with Crippen molar-refractivity contribution in [2.24, 2.45) is 5.73 Å². The second kappa shape index (κ2) is 24.5. The van der Waals surface area contributed by atoms with Gasteiger partial charge < -0.3 is 15.5 Å². The lowest BCUT2D eigenvalue weighted by atomic mass is 9.99. The summed E-state index contributed by atoms with van der Waals surface area (Å²) >= 11 is 0. The van der Waals surface area contributed by atoms with Crippen LogP contribution in [-0.2, 0) is 0 Å². The summed E-state index contributed by atoms with van der Waals surface area (Å²) in [5.41, 5.74) is 8.90. The topological polar surface area (TPSA) is 32.5 Å². The second-order valence-electron chi connectivity index (χ2n) is 11.1. The molecule has 0 amide bonds. The molecule has 1 aliphatic heterocycles. The van der Waals surface area contributed by atoms with E-state index in [-0.39, 0.29) is 0 Å². The van der Waals surface area contributed by atoms with Crippen LogP contribution < -0.4 is 15.5 Å². The first-order valence-corrected chi connectivity index (χ1v) is 17.2. The molecule has 0 unspecified atom stereocenters. The van der Waals surface area contributed by atoms with Gasteiger partial charge in [-0.1, -0.05) is 104 Å². The van der Waals surface area contributed by atoms with Gasteiger partial charge >= 0.3 is 0 Å². The Kier molecular flexibility index (Phi) is 22.6. The number of nitrogens with zero attached hydrogens (tertiary/aromatic N) is 2. The van der Waals surface area contributed by atoms with Crippen LogP contribution in [0.4, 0.5) is 28.9 Å². The zero-order valence-corrected chi connectivity index (χ0v) is 30.4. The van der Waals surface area contributed by atoms with Gasteiger partial charge in [0.25, 0.3) is 0 Å². The smallest absolute Gasteiger partial charge is 0.185 e. The minimum Gasteiger partial charge on any atom is -0.401 e. The van der Waals surface area contributed by atoms with Crippen molar-refractivity contribution in [1.29, 1.82) is 0 Å². The van der Waals surface area contributed by atoms with Crippen LogP contribution in [0.15, 0.2) is 53.7 Å². The largest absolute Gasteiger partial charge is 0.401 e. The van der Waals surface area contributed by atoms with Gasteiger partial charge in [0.1, 0.15) is 5.69 Å². The summed E-state index contributed by atoms with van der Waals surface area (Å²) in [4.78, 5) is 3.76. The molecule has 0 aliphatic carbocycles. The highest BCUT2D eigenvalue weighted by molar-refractivity contribution is 5.94. The first-order valence-electron chi connectivity index (χ1n) is 17.2. The van der Waals surface area contributed by atoms with Crippen molar-refractivity contribution < 1.29 is 17.6 Å². The van der Waals surface area contributed by atoms with Crippen LogP contribution in [0.1, 0.15) is 106 Å². The predicted molar refractivity (Wildman–Crippen MR) is 197 cm³/mol. The molecule has 0 saturated heterocycles. The van der Waals surface area contributed by atoms with E-state index in [1.54, 1.807) is 6.92 Å². The number of benzene rings is 3. The zero-order valence-electron chi connectivity index (χ0n) is 30.4. The van der Waals surface area contributed by atoms with Crippen molar-refractivity contribution in [2.45, 2.75) is 107 Å². The number of unbranched alkanes of at least 4 members (excludes halogenated alkanes) is 1. The Morgan fingerprint density at radius 1 is 0.787 bits per heavy atom. The number of terminal acetylenes is 1. The van der Waals surface area contributed by atoms with Crippen LogP contribution >= 0.6 is 0 Å². The van der Waals surface area contributed by atoms with Crippen LogP contribution in [-0.4, -0.2) is 26.2 Å². The van der Waals surface area contributed by atoms with Crippen molar-refractivity contribution in [3.05, 3.63) is 82.6 Å². The van der Waals surface area contributed by atoms with Gasteiger partial charge in [0.15, 0.2) is 23.3 Å². The van der Waals surface area contributed by atoms with E-state index >= 15 is 0 Å². The normalized spacial score (nSPS) is 11.9. The maximum atomic E-state index is 13.8. The fourth-order valence-corrected chi connectivity index (χ4v) is 4.99. The number of nitrogens with two attached hydrogens (primary N) is 1. The minimum absolute atomic E-state index is 0.351. The maximum absolute atomic E-state index is 13.8. The molecule has 3 aromatic carbocycles. The van der Waals surface area contributed by atoms with Gasteiger partial charge in [0.05, 0.1) is 6.54 Å². The van der Waals surface area contributed by atoms with E-state index in [0.29, 0.717) is 25.9 Å². The highest BCUT2D eigenvalue weighted by Crippen LogP contribution is 2.32. The van der Waals surface area contributed by atoms with Crippen LogP contribution in [0.25, 0.3) is 10.8 Å². The van der Waals surface area contributed by atoms with E-state index < -0.39 is 34.5 Å². The van der Waals surface area contributed by atoms with Crippen molar-refractivity contribution in [1.82, 2.24) is 0 Å². The summed E-state index contributed by atoms with van der Waals surface area (Å²) in [5.74, 6) is -3.01. The van der Waals surface area contributed by atoms with Gasteiger partial charge in [-0.25, -0.2) is 17.6 Å². The van der Waals surface area contributed by atoms with E-state index in [1.807, 2.05) is 27.7 Å². The lowest BCUT2D eigenvalue weighted by Gasteiger charge is -2.32. The van der Waals surface area contributed by atoms with Gasteiger partial charge in [-0.15, -0.1) is 12.3 Å². The van der Waals surface area contributed by atoms with Gasteiger partial charge in [0, 0.05) is 42.0 Å². The maximum Gasteiger partial charge on any atom is 0.185 e. The number of halogens is 4. The molecule has 0 fully saturated rings. The summed E-state index contributed by atoms with van der Waals surface area (Å²) in [5, 5.41) is 2.62. The fourth-order valence-electron chi connectivity index (χ4n) is 4.99. The van der Waals surface area contributed by atoms with Gasteiger partial charge in [-0.2, -0.15) is 0 Å². The first-order chi connectivity index (χ1) is 22.6. The van der Waals surface area contributed by atoms with Gasteiger partial charge in [-0.3, -0.25) is 0 Å². The number of rotatable bonds is 9. The Hall–Kier alpha value is -3.66. The molecule has 0 spiro atoms. The molecular weight excluding hydrogens is 598 g/mol. The molecule has 0 bridgehead atoms. The number of hydrogen-bond acceptors (Lipinski definition) is 3. The lowest BCUT2D eigenvalue weighted by molar-refractivity contribution is 0.442. The van der Waals surface area contributed by atoms with Crippen LogP contribution in [0, 0.1) is 42.5 Å². The molecule has 4 rings (SSSR count). The molecule has 1 aliphatic rings. The van der Waals surface area contributed by atoms with E-state index in [9.17, 15) is 17.6 Å². The quantitative estimate of drug-likeness (QED) is 0.141. The fraction of sp³-hybridized carbons (Fsp3) is 0.500. The molecule has 7 heteroatoms. The minimum atomic E-state index is -1.32. The standard InChI is InChI=1S/C18H22N2.C13H17F4N.C4H10.C3H4.C2H6/c1-2-6-15-11-12-20(13-17(15)19)18-10-5-8-14-7-3-4-9-16(14)18;1-4-6-18(7-5-2)13-11(16)9(14)8(3)10(15)12(13)17;1-3-4-2;1-3-2;1-2/h3-5,7-10H,2,6,11-13,19H2,1H3;4-7H2,1-3H3;3-4H2,1-2H3;1H,2H3;1-2H3. The second-order valence-corrected chi connectivity index (χ2v) is 11.1. The Morgan fingerprint density at radius 2 is 1.30 bits per heavy atom. The molecule has 0 aromatic heterocycles. The predicted octanol–water partition coefficient (Wildman–Crippen LogP) is 11.7. The van der Waals surface area contributed by atoms with Crippen molar-refractivity contribution in [3.8, 4) is 12.3 Å². The molecule has 1 heterocycles. The van der Waals surface area contributed by atoms with Gasteiger partial charge in [0.2, 0.25) is 0 Å². The number of hydrogen-bond donors (Lipinski definition) is 1. The third-order valence-electron chi connectivity index (χ3n) is 7.42. The van der Waals surface area contributed by atoms with Crippen molar-refractivity contribution in [2.75, 3.05) is 36.0 Å². The molecular formula is C40H59F4N3. The molecule has 0 saturated carbocycles. The van der Waals surface area contributed by atoms with Crippen molar-refractivity contribution in [3.63, 3.8) is 0 Å². The van der Waals surface area contributed by atoms with E-state index in [1.165, 1.54) is 46.2 Å². The third kappa shape index (κ3) is 13.2. The zero-order chi connectivity index (χ0) is 35.9. The molecule has 2 N–H and O–H groups in total. The van der Waals surface area contributed by atoms with Crippen LogP contribution in [0.2, 0.25) is 0 Å². The van der Waals surface area contributed by atoms with Crippen molar-refractivity contribution >= 4 is 22.1 Å². The lowest BCUT2D eigenvalue weighted by Crippen LogP contribution is -2.34. The summed E-state index contributed by atoms with van der Waals surface area (Å²) < 4.78 is 54.5. The SMILES string of the molecule is C#CC.CC.CCCC.CCCC1=C(N)CN(c2cccc3ccccc23)CC1.CCCN(CCC)c1c(F)c(F)c(C)c(F)c1F. The molecule has 262 valence electrons. The average Bonchev–Trinajstić information content (AvgIpc) is 3.09. The monoisotopic (exact) mass is 657 g/mol. The highest BCUT2D eigenvalue weighted by Gasteiger charge is 2.26. The first kappa shape index (κ1) is 43.3. The Morgan fingerprint density at radius 3 is 1.77 bits per heavy atom. The summed E-state index contributed by atoms with van der Waals surface area (Å²) in [6.07, 6.45) is 11.9. The Balaban J connectivity index is 0.000000724. The third-order valence-corrected chi connectivity index (χ3v) is 7.42. The summed E-state index contributed by atoms with van der Waals surface area (Å²) in [6, 6.07) is 15.1. The Bertz CT molecular complexity index is 1350. The highest BCUT2D eigenvalue weighted by atomic mass is 19.2. The Labute approximate surface area is 283 Å². The molecule has 3 aromatic rings. The average molecular weight is 658 g/mol. The molecule has 0 atom stereocenters. The number of fused-ring (bicyclic) bond motifs is 1.